The van der Waals surface area contributed by atoms with E-state index in [1.54, 1.807) is 23.1 Å². The standard InChI is InChI=1S/C23H28BrClN2O3/c1-3-5-14-26-23(29)21(4-2)27(15-17-8-6-7-9-20(17)25)22(28)16-30-19-12-10-18(24)11-13-19/h6-13,21H,3-5,14-16H2,1-2H3,(H,26,29). The van der Waals surface area contributed by atoms with Crippen molar-refractivity contribution in [3.8, 4) is 5.75 Å². The Morgan fingerprint density at radius 2 is 1.83 bits per heavy atom. The van der Waals surface area contributed by atoms with Crippen molar-refractivity contribution in [2.45, 2.75) is 45.7 Å². The molecule has 2 aromatic rings. The van der Waals surface area contributed by atoms with Crippen LogP contribution in [0.4, 0.5) is 0 Å². The molecular formula is C23H28BrClN2O3. The summed E-state index contributed by atoms with van der Waals surface area (Å²) in [6.45, 7) is 4.63. The third-order valence-electron chi connectivity index (χ3n) is 4.69. The second-order valence-electron chi connectivity index (χ2n) is 6.92. The van der Waals surface area contributed by atoms with Crippen LogP contribution in [-0.4, -0.2) is 35.9 Å². The Kier molecular flexibility index (Phi) is 10.2. The lowest BCUT2D eigenvalue weighted by atomic mass is 10.1. The SMILES string of the molecule is CCCCNC(=O)C(CC)N(Cc1ccccc1Cl)C(=O)COc1ccc(Br)cc1. The number of nitrogens with zero attached hydrogens (tertiary/aromatic N) is 1. The Balaban J connectivity index is 2.17. The Bertz CT molecular complexity index is 829. The Morgan fingerprint density at radius 3 is 2.47 bits per heavy atom. The number of halogens is 2. The van der Waals surface area contributed by atoms with E-state index in [0.29, 0.717) is 23.7 Å². The lowest BCUT2D eigenvalue weighted by Gasteiger charge is -2.30. The first kappa shape index (κ1) is 24.2. The van der Waals surface area contributed by atoms with Gasteiger partial charge in [-0.2, -0.15) is 0 Å². The van der Waals surface area contributed by atoms with Gasteiger partial charge in [-0.25, -0.2) is 0 Å². The van der Waals surface area contributed by atoms with Crippen LogP contribution < -0.4 is 10.1 Å². The van der Waals surface area contributed by atoms with Crippen LogP contribution in [0.15, 0.2) is 53.0 Å². The predicted octanol–water partition coefficient (Wildman–Crippen LogP) is 5.21. The molecule has 7 heteroatoms. The van der Waals surface area contributed by atoms with Gasteiger partial charge in [0.1, 0.15) is 11.8 Å². The number of rotatable bonds is 11. The van der Waals surface area contributed by atoms with E-state index in [1.807, 2.05) is 37.3 Å². The molecule has 0 aliphatic carbocycles. The molecule has 2 aromatic carbocycles. The summed E-state index contributed by atoms with van der Waals surface area (Å²) in [6, 6.07) is 14.0. The van der Waals surface area contributed by atoms with Crippen LogP contribution in [0.2, 0.25) is 5.02 Å². The third-order valence-corrected chi connectivity index (χ3v) is 5.59. The fraction of sp³-hybridized carbons (Fsp3) is 0.391. The van der Waals surface area contributed by atoms with Crippen molar-refractivity contribution >= 4 is 39.3 Å². The molecule has 0 radical (unpaired) electrons. The number of ether oxygens (including phenoxy) is 1. The highest BCUT2D eigenvalue weighted by molar-refractivity contribution is 9.10. The number of unbranched alkanes of at least 4 members (excludes halogenated alkanes) is 1. The minimum absolute atomic E-state index is 0.157. The maximum atomic E-state index is 13.1. The average Bonchev–Trinajstić information content (AvgIpc) is 2.74. The van der Waals surface area contributed by atoms with Gasteiger partial charge in [-0.3, -0.25) is 9.59 Å². The highest BCUT2D eigenvalue weighted by Crippen LogP contribution is 2.21. The van der Waals surface area contributed by atoms with E-state index in [-0.39, 0.29) is 25.0 Å². The molecule has 5 nitrogen and oxygen atoms in total. The molecule has 0 aliphatic rings. The number of carbonyl (C=O) groups is 2. The first-order valence-corrected chi connectivity index (χ1v) is 11.3. The summed E-state index contributed by atoms with van der Waals surface area (Å²) >= 11 is 9.69. The number of amides is 2. The molecule has 0 heterocycles. The topological polar surface area (TPSA) is 58.6 Å². The molecule has 0 aromatic heterocycles. The molecule has 1 N–H and O–H groups in total. The van der Waals surface area contributed by atoms with E-state index < -0.39 is 6.04 Å². The Labute approximate surface area is 191 Å². The lowest BCUT2D eigenvalue weighted by molar-refractivity contribution is -0.143. The molecule has 0 bridgehead atoms. The summed E-state index contributed by atoms with van der Waals surface area (Å²) < 4.78 is 6.60. The zero-order chi connectivity index (χ0) is 21.9. The van der Waals surface area contributed by atoms with Crippen LogP contribution in [0, 0.1) is 0 Å². The van der Waals surface area contributed by atoms with Crippen LogP contribution in [0.5, 0.6) is 5.75 Å². The molecule has 1 unspecified atom stereocenters. The van der Waals surface area contributed by atoms with Gasteiger partial charge in [0, 0.05) is 22.6 Å². The summed E-state index contributed by atoms with van der Waals surface area (Å²) in [5, 5.41) is 3.50. The smallest absolute Gasteiger partial charge is 0.261 e. The van der Waals surface area contributed by atoms with Crippen molar-refractivity contribution in [3.63, 3.8) is 0 Å². The maximum absolute atomic E-state index is 13.1. The first-order valence-electron chi connectivity index (χ1n) is 10.1. The molecule has 2 amide bonds. The van der Waals surface area contributed by atoms with Gasteiger partial charge in [0.2, 0.25) is 5.91 Å². The third kappa shape index (κ3) is 7.33. The summed E-state index contributed by atoms with van der Waals surface area (Å²) in [5.41, 5.74) is 0.788. The molecule has 0 saturated heterocycles. The minimum atomic E-state index is -0.598. The first-order chi connectivity index (χ1) is 14.5. The lowest BCUT2D eigenvalue weighted by Crippen LogP contribution is -2.50. The summed E-state index contributed by atoms with van der Waals surface area (Å²) in [6.07, 6.45) is 2.38. The molecular weight excluding hydrogens is 468 g/mol. The molecule has 2 rings (SSSR count). The number of hydrogen-bond donors (Lipinski definition) is 1. The van der Waals surface area contributed by atoms with E-state index >= 15 is 0 Å². The largest absolute Gasteiger partial charge is 0.484 e. The Morgan fingerprint density at radius 1 is 1.13 bits per heavy atom. The van der Waals surface area contributed by atoms with Crippen LogP contribution in [0.3, 0.4) is 0 Å². The zero-order valence-electron chi connectivity index (χ0n) is 17.4. The summed E-state index contributed by atoms with van der Waals surface area (Å²) in [5.74, 6) is 0.162. The minimum Gasteiger partial charge on any atom is -0.484 e. The van der Waals surface area contributed by atoms with Crippen LogP contribution in [-0.2, 0) is 16.1 Å². The van der Waals surface area contributed by atoms with Crippen molar-refractivity contribution in [1.82, 2.24) is 10.2 Å². The van der Waals surface area contributed by atoms with E-state index in [0.717, 1.165) is 22.9 Å². The fourth-order valence-corrected chi connectivity index (χ4v) is 3.45. The van der Waals surface area contributed by atoms with Crippen molar-refractivity contribution in [3.05, 3.63) is 63.6 Å². The molecule has 0 spiro atoms. The predicted molar refractivity (Wildman–Crippen MR) is 124 cm³/mol. The van der Waals surface area contributed by atoms with Crippen molar-refractivity contribution in [2.75, 3.05) is 13.2 Å². The van der Waals surface area contributed by atoms with E-state index in [4.69, 9.17) is 16.3 Å². The van der Waals surface area contributed by atoms with Gasteiger partial charge in [-0.15, -0.1) is 0 Å². The monoisotopic (exact) mass is 494 g/mol. The Hall–Kier alpha value is -2.05. The number of benzene rings is 2. The maximum Gasteiger partial charge on any atom is 0.261 e. The fourth-order valence-electron chi connectivity index (χ4n) is 2.99. The van der Waals surface area contributed by atoms with Crippen LogP contribution in [0.25, 0.3) is 0 Å². The quantitative estimate of drug-likeness (QED) is 0.436. The van der Waals surface area contributed by atoms with E-state index in [2.05, 4.69) is 28.2 Å². The van der Waals surface area contributed by atoms with Crippen LogP contribution >= 0.6 is 27.5 Å². The highest BCUT2D eigenvalue weighted by atomic mass is 79.9. The van der Waals surface area contributed by atoms with E-state index in [9.17, 15) is 9.59 Å². The summed E-state index contributed by atoms with van der Waals surface area (Å²) in [4.78, 5) is 27.5. The second kappa shape index (κ2) is 12.6. The molecule has 30 heavy (non-hydrogen) atoms. The second-order valence-corrected chi connectivity index (χ2v) is 8.25. The number of nitrogens with one attached hydrogen (secondary N) is 1. The molecule has 1 atom stereocenters. The molecule has 162 valence electrons. The molecule has 0 saturated carbocycles. The zero-order valence-corrected chi connectivity index (χ0v) is 19.7. The molecule has 0 aliphatic heterocycles. The van der Waals surface area contributed by atoms with Gasteiger partial charge in [0.05, 0.1) is 0 Å². The van der Waals surface area contributed by atoms with Crippen LogP contribution in [0.1, 0.15) is 38.7 Å². The number of hydrogen-bond acceptors (Lipinski definition) is 3. The van der Waals surface area contributed by atoms with Gasteiger partial charge >= 0.3 is 0 Å². The number of carbonyl (C=O) groups excluding carboxylic acids is 2. The van der Waals surface area contributed by atoms with Gasteiger partial charge in [-0.1, -0.05) is 66.0 Å². The van der Waals surface area contributed by atoms with E-state index in [1.165, 1.54) is 0 Å². The van der Waals surface area contributed by atoms with Crippen molar-refractivity contribution in [2.24, 2.45) is 0 Å². The van der Waals surface area contributed by atoms with Gasteiger partial charge in [-0.05, 0) is 48.7 Å². The van der Waals surface area contributed by atoms with Crippen molar-refractivity contribution < 1.29 is 14.3 Å². The highest BCUT2D eigenvalue weighted by Gasteiger charge is 2.29. The average molecular weight is 496 g/mol. The van der Waals surface area contributed by atoms with Gasteiger partial charge < -0.3 is 15.0 Å². The normalized spacial score (nSPS) is 11.6. The summed E-state index contributed by atoms with van der Waals surface area (Å²) in [7, 11) is 0. The molecule has 0 fully saturated rings. The van der Waals surface area contributed by atoms with Crippen molar-refractivity contribution in [1.29, 1.82) is 0 Å². The van der Waals surface area contributed by atoms with Gasteiger partial charge in [0.25, 0.3) is 5.91 Å². The van der Waals surface area contributed by atoms with Gasteiger partial charge in [0.15, 0.2) is 6.61 Å².